The number of aromatic nitrogens is 2. The number of imidazole rings is 1. The molecule has 266 valence electrons. The summed E-state index contributed by atoms with van der Waals surface area (Å²) in [5.74, 6) is 1.61. The second kappa shape index (κ2) is 34.5. The van der Waals surface area contributed by atoms with Crippen LogP contribution in [0.3, 0.4) is 0 Å². The van der Waals surface area contributed by atoms with Crippen molar-refractivity contribution in [3.8, 4) is 0 Å². The predicted molar refractivity (Wildman–Crippen MR) is 202 cm³/mol. The second-order valence-corrected chi connectivity index (χ2v) is 14.8. The molecule has 0 N–H and O–H groups in total. The molecule has 1 rings (SSSR count). The third-order valence-corrected chi connectivity index (χ3v) is 10.3. The lowest BCUT2D eigenvalue weighted by Gasteiger charge is -2.07. The molecule has 0 unspecified atom stereocenters. The quantitative estimate of drug-likeness (QED) is 0.0511. The van der Waals surface area contributed by atoms with Gasteiger partial charge in [-0.1, -0.05) is 207 Å². The maximum atomic E-state index is 2.62. The normalized spacial score (nSPS) is 11.6. The first kappa shape index (κ1) is 42.2. The Labute approximate surface area is 285 Å². The van der Waals surface area contributed by atoms with E-state index in [-0.39, 0.29) is 0 Å². The summed E-state index contributed by atoms with van der Waals surface area (Å²) in [6.45, 7) is 9.41. The first-order valence-electron chi connectivity index (χ1n) is 21.4. The van der Waals surface area contributed by atoms with Crippen LogP contribution in [-0.4, -0.2) is 4.57 Å². The zero-order chi connectivity index (χ0) is 32.3. The summed E-state index contributed by atoms with van der Waals surface area (Å²) in [7, 11) is 0. The molecule has 0 saturated carbocycles. The summed E-state index contributed by atoms with van der Waals surface area (Å²) in [6, 6.07) is 0. The lowest BCUT2D eigenvalue weighted by Crippen LogP contribution is -2.37. The summed E-state index contributed by atoms with van der Waals surface area (Å²) in [6.07, 6.45) is 54.9. The number of unbranched alkanes of at least 4 members (excludes halogenated alkanes) is 31. The maximum absolute atomic E-state index is 2.62. The number of hydrogen-bond acceptors (Lipinski definition) is 0. The van der Waals surface area contributed by atoms with Gasteiger partial charge in [0.1, 0.15) is 12.4 Å². The van der Waals surface area contributed by atoms with Gasteiger partial charge in [0.05, 0.1) is 13.1 Å². The highest BCUT2D eigenvalue weighted by Gasteiger charge is 2.16. The molecule has 0 radical (unpaired) electrons. The van der Waals surface area contributed by atoms with Crippen LogP contribution in [0, 0.1) is 0 Å². The van der Waals surface area contributed by atoms with Crippen LogP contribution < -0.4 is 4.57 Å². The van der Waals surface area contributed by atoms with Crippen molar-refractivity contribution in [2.24, 2.45) is 0 Å². The molecule has 0 aliphatic heterocycles. The van der Waals surface area contributed by atoms with Crippen molar-refractivity contribution in [1.29, 1.82) is 0 Å². The van der Waals surface area contributed by atoms with Crippen molar-refractivity contribution < 1.29 is 4.57 Å². The van der Waals surface area contributed by atoms with Gasteiger partial charge in [0, 0.05) is 6.42 Å². The highest BCUT2D eigenvalue weighted by molar-refractivity contribution is 4.84. The Kier molecular flexibility index (Phi) is 32.4. The summed E-state index contributed by atoms with van der Waals surface area (Å²) >= 11 is 0. The average molecular weight is 630 g/mol. The first-order valence-corrected chi connectivity index (χ1v) is 21.4. The van der Waals surface area contributed by atoms with Gasteiger partial charge in [0.25, 0.3) is 5.82 Å². The minimum Gasteiger partial charge on any atom is -0.234 e. The van der Waals surface area contributed by atoms with Gasteiger partial charge in [-0.2, -0.15) is 0 Å². The van der Waals surface area contributed by atoms with Crippen molar-refractivity contribution in [3.63, 3.8) is 0 Å². The van der Waals surface area contributed by atoms with Crippen LogP contribution in [0.5, 0.6) is 0 Å². The molecule has 2 nitrogen and oxygen atoms in total. The van der Waals surface area contributed by atoms with Crippen LogP contribution in [0.4, 0.5) is 0 Å². The molecule has 45 heavy (non-hydrogen) atoms. The van der Waals surface area contributed by atoms with Crippen LogP contribution >= 0.6 is 0 Å². The van der Waals surface area contributed by atoms with Crippen LogP contribution in [0.2, 0.25) is 0 Å². The Morgan fingerprint density at radius 1 is 0.378 bits per heavy atom. The largest absolute Gasteiger partial charge is 0.256 e. The minimum absolute atomic E-state index is 1.23. The molecule has 0 aliphatic carbocycles. The highest BCUT2D eigenvalue weighted by Crippen LogP contribution is 2.16. The number of rotatable bonds is 37. The van der Waals surface area contributed by atoms with E-state index in [4.69, 9.17) is 0 Å². The van der Waals surface area contributed by atoms with E-state index in [1.807, 2.05) is 0 Å². The van der Waals surface area contributed by atoms with Gasteiger partial charge in [-0.15, -0.1) is 0 Å². The van der Waals surface area contributed by atoms with Crippen molar-refractivity contribution in [3.05, 3.63) is 18.2 Å². The fraction of sp³-hybridized carbons (Fsp3) is 0.930. The summed E-state index contributed by atoms with van der Waals surface area (Å²) < 4.78 is 5.25. The lowest BCUT2D eigenvalue weighted by molar-refractivity contribution is -0.704. The van der Waals surface area contributed by atoms with Gasteiger partial charge < -0.3 is 0 Å². The fourth-order valence-corrected chi connectivity index (χ4v) is 7.21. The van der Waals surface area contributed by atoms with E-state index in [1.165, 1.54) is 238 Å². The molecule has 0 atom stereocenters. The van der Waals surface area contributed by atoms with Gasteiger partial charge in [0.2, 0.25) is 0 Å². The molecule has 0 aliphatic rings. The Bertz CT molecular complexity index is 692. The summed E-state index contributed by atoms with van der Waals surface area (Å²) in [5.41, 5.74) is 0. The zero-order valence-corrected chi connectivity index (χ0v) is 31.7. The molecule has 0 aromatic carbocycles. The second-order valence-electron chi connectivity index (χ2n) is 14.8. The molecule has 0 amide bonds. The molecule has 1 heterocycles. The Morgan fingerprint density at radius 2 is 0.689 bits per heavy atom. The van der Waals surface area contributed by atoms with E-state index < -0.39 is 0 Å². The number of hydrogen-bond donors (Lipinski definition) is 0. The van der Waals surface area contributed by atoms with E-state index in [1.54, 1.807) is 5.82 Å². The monoisotopic (exact) mass is 630 g/mol. The SMILES string of the molecule is CCCCCCCCCCCCCCCCCCCn1cc[n+](CCCCCCCCCCCCCCC)c1CCCCCC. The van der Waals surface area contributed by atoms with E-state index in [2.05, 4.69) is 42.3 Å². The van der Waals surface area contributed by atoms with Gasteiger partial charge in [-0.25, -0.2) is 9.13 Å². The number of aryl methyl sites for hydroxylation is 2. The lowest BCUT2D eigenvalue weighted by atomic mass is 10.0. The zero-order valence-electron chi connectivity index (χ0n) is 31.7. The van der Waals surface area contributed by atoms with Crippen LogP contribution in [0.15, 0.2) is 12.4 Å². The maximum Gasteiger partial charge on any atom is 0.256 e. The third kappa shape index (κ3) is 26.9. The molecule has 1 aromatic heterocycles. The van der Waals surface area contributed by atoms with Crippen LogP contribution in [0.1, 0.15) is 245 Å². The third-order valence-electron chi connectivity index (χ3n) is 10.3. The van der Waals surface area contributed by atoms with Gasteiger partial charge >= 0.3 is 0 Å². The van der Waals surface area contributed by atoms with E-state index >= 15 is 0 Å². The fourth-order valence-electron chi connectivity index (χ4n) is 7.21. The molecule has 0 fully saturated rings. The Balaban J connectivity index is 2.11. The molecule has 2 heteroatoms. The summed E-state index contributed by atoms with van der Waals surface area (Å²) in [5, 5.41) is 0. The van der Waals surface area contributed by atoms with Crippen LogP contribution in [-0.2, 0) is 19.5 Å². The topological polar surface area (TPSA) is 8.81 Å². The number of nitrogens with zero attached hydrogens (tertiary/aromatic N) is 2. The van der Waals surface area contributed by atoms with Gasteiger partial charge in [0.15, 0.2) is 0 Å². The van der Waals surface area contributed by atoms with Crippen LogP contribution in [0.25, 0.3) is 0 Å². The smallest absolute Gasteiger partial charge is 0.234 e. The minimum atomic E-state index is 1.23. The molecular weight excluding hydrogens is 544 g/mol. The summed E-state index contributed by atoms with van der Waals surface area (Å²) in [4.78, 5) is 0. The van der Waals surface area contributed by atoms with Gasteiger partial charge in [-0.3, -0.25) is 0 Å². The standard InChI is InChI=1S/C43H85N2/c1-4-7-10-13-15-17-19-21-22-23-24-26-28-30-32-34-37-40-45-42-41-44(43(45)38-35-12-9-6-3)39-36-33-31-29-27-25-20-18-16-14-11-8-5-2/h41-42H,4-40H2,1-3H3/q+1. The average Bonchev–Trinajstić information content (AvgIpc) is 3.44. The molecular formula is C43H85N2+. The van der Waals surface area contributed by atoms with Crippen molar-refractivity contribution in [1.82, 2.24) is 4.57 Å². The van der Waals surface area contributed by atoms with E-state index in [0.29, 0.717) is 0 Å². The Hall–Kier alpha value is -0.790. The van der Waals surface area contributed by atoms with Crippen molar-refractivity contribution in [2.45, 2.75) is 259 Å². The first-order chi connectivity index (χ1) is 22.3. The van der Waals surface area contributed by atoms with E-state index in [0.717, 1.165) is 0 Å². The molecule has 0 bridgehead atoms. The van der Waals surface area contributed by atoms with Crippen molar-refractivity contribution in [2.75, 3.05) is 0 Å². The Morgan fingerprint density at radius 3 is 1.07 bits per heavy atom. The molecule has 1 aromatic rings. The molecule has 0 spiro atoms. The van der Waals surface area contributed by atoms with Crippen molar-refractivity contribution >= 4 is 0 Å². The predicted octanol–water partition coefficient (Wildman–Crippen LogP) is 14.6. The van der Waals surface area contributed by atoms with E-state index in [9.17, 15) is 0 Å². The van der Waals surface area contributed by atoms with Gasteiger partial charge in [-0.05, 0) is 32.1 Å². The highest BCUT2D eigenvalue weighted by atomic mass is 15.1. The molecule has 0 saturated heterocycles.